The van der Waals surface area contributed by atoms with Crippen LogP contribution in [0.2, 0.25) is 0 Å². The molecule has 0 fully saturated rings. The second-order valence-corrected chi connectivity index (χ2v) is 7.12. The zero-order chi connectivity index (χ0) is 26.0. The number of hydrogen-bond donors (Lipinski definition) is 1. The summed E-state index contributed by atoms with van der Waals surface area (Å²) in [7, 11) is 0. The summed E-state index contributed by atoms with van der Waals surface area (Å²) in [4.78, 5) is 32.1. The summed E-state index contributed by atoms with van der Waals surface area (Å²) in [6.07, 6.45) is -3.30. The number of carbonyl (C=O) groups excluding carboxylic acids is 3. The summed E-state index contributed by atoms with van der Waals surface area (Å²) < 4.78 is 131. The molecule has 2 aromatic carbocycles. The molecule has 182 valence electrons. The van der Waals surface area contributed by atoms with Crippen LogP contribution in [0.5, 0.6) is 0 Å². The van der Waals surface area contributed by atoms with Crippen molar-refractivity contribution in [3.8, 4) is 0 Å². The minimum Gasteiger partial charge on any atom is -0.382 e. The van der Waals surface area contributed by atoms with Gasteiger partial charge in [-0.1, -0.05) is 0 Å². The average Bonchev–Trinajstić information content (AvgIpc) is 2.98. The Bertz CT molecular complexity index is 1220. The summed E-state index contributed by atoms with van der Waals surface area (Å²) in [5, 5.41) is 9.13. The molecule has 4 nitrogen and oxygen atoms in total. The van der Waals surface area contributed by atoms with Crippen LogP contribution in [-0.4, -0.2) is 35.3 Å². The number of ketones is 1. The molecular weight excluding hydrogens is 494 g/mol. The number of hydrogen-bond acceptors (Lipinski definition) is 4. The third kappa shape index (κ3) is 3.07. The molecular formula is C20H8F10O4. The Morgan fingerprint density at radius 2 is 1.18 bits per heavy atom. The van der Waals surface area contributed by atoms with Crippen molar-refractivity contribution in [3.63, 3.8) is 0 Å². The van der Waals surface area contributed by atoms with Crippen molar-refractivity contribution in [2.45, 2.75) is 29.8 Å². The maximum absolute atomic E-state index is 13.3. The number of aliphatic hydroxyl groups is 1. The molecule has 14 heteroatoms. The van der Waals surface area contributed by atoms with Crippen LogP contribution in [0.25, 0.3) is 0 Å². The zero-order valence-corrected chi connectivity index (χ0v) is 16.0. The van der Waals surface area contributed by atoms with E-state index in [1.165, 1.54) is 0 Å². The number of carbonyl (C=O) groups is 3. The van der Waals surface area contributed by atoms with Crippen LogP contribution in [0.3, 0.4) is 0 Å². The van der Waals surface area contributed by atoms with Crippen molar-refractivity contribution in [1.82, 2.24) is 0 Å². The van der Waals surface area contributed by atoms with Gasteiger partial charge in [-0.2, -0.15) is 35.1 Å². The highest BCUT2D eigenvalue weighted by atomic mass is 19.3. The second-order valence-electron chi connectivity index (χ2n) is 7.12. The Morgan fingerprint density at radius 3 is 1.68 bits per heavy atom. The summed E-state index contributed by atoms with van der Waals surface area (Å²) >= 11 is 0. The van der Waals surface area contributed by atoms with E-state index in [9.17, 15) is 58.3 Å². The fraction of sp³-hybridized carbons (Fsp3) is 0.250. The van der Waals surface area contributed by atoms with E-state index >= 15 is 0 Å². The molecule has 0 spiro atoms. The van der Waals surface area contributed by atoms with Gasteiger partial charge in [-0.25, -0.2) is 8.78 Å². The van der Waals surface area contributed by atoms with Gasteiger partial charge in [0, 0.05) is 22.3 Å². The second kappa shape index (κ2) is 7.61. The van der Waals surface area contributed by atoms with Crippen LogP contribution < -0.4 is 0 Å². The average molecular weight is 502 g/mol. The van der Waals surface area contributed by atoms with Gasteiger partial charge >= 0.3 is 23.7 Å². The third-order valence-electron chi connectivity index (χ3n) is 5.28. The summed E-state index contributed by atoms with van der Waals surface area (Å²) in [6.45, 7) is 0. The van der Waals surface area contributed by atoms with Gasteiger partial charge in [-0.05, 0) is 24.3 Å². The molecule has 4 rings (SSSR count). The molecule has 0 amide bonds. The van der Waals surface area contributed by atoms with Crippen LogP contribution >= 0.6 is 0 Å². The smallest absolute Gasteiger partial charge is 0.376 e. The van der Waals surface area contributed by atoms with Crippen molar-refractivity contribution in [3.05, 3.63) is 69.3 Å². The lowest BCUT2D eigenvalue weighted by Gasteiger charge is -2.21. The fourth-order valence-electron chi connectivity index (χ4n) is 3.51. The van der Waals surface area contributed by atoms with Gasteiger partial charge in [-0.15, -0.1) is 0 Å². The molecule has 0 radical (unpaired) electrons. The van der Waals surface area contributed by atoms with Crippen LogP contribution in [0.4, 0.5) is 43.9 Å². The van der Waals surface area contributed by atoms with Crippen LogP contribution in [0.15, 0.2) is 24.3 Å². The van der Waals surface area contributed by atoms with Crippen molar-refractivity contribution < 1.29 is 63.4 Å². The molecule has 0 saturated heterocycles. The van der Waals surface area contributed by atoms with Crippen molar-refractivity contribution in [2.24, 2.45) is 0 Å². The van der Waals surface area contributed by atoms with Crippen LogP contribution in [-0.2, 0) is 11.8 Å². The van der Waals surface area contributed by atoms with Gasteiger partial charge in [0.2, 0.25) is 5.78 Å². The predicted molar refractivity (Wildman–Crippen MR) is 90.5 cm³/mol. The van der Waals surface area contributed by atoms with Gasteiger partial charge in [0.25, 0.3) is 0 Å². The van der Waals surface area contributed by atoms with E-state index in [4.69, 9.17) is 5.11 Å². The first-order valence-electron chi connectivity index (χ1n) is 8.80. The largest absolute Gasteiger partial charge is 0.382 e. The number of halogens is 10. The highest BCUT2D eigenvalue weighted by molar-refractivity contribution is 6.11. The predicted octanol–water partition coefficient (Wildman–Crippen LogP) is 4.97. The van der Waals surface area contributed by atoms with Crippen LogP contribution in [0, 0.1) is 11.6 Å². The van der Waals surface area contributed by atoms with Gasteiger partial charge in [0.15, 0.2) is 18.7 Å². The lowest BCUT2D eigenvalue weighted by molar-refractivity contribution is -0.246. The molecule has 1 atom stereocenters. The molecule has 0 heterocycles. The fourth-order valence-corrected chi connectivity index (χ4v) is 3.51. The van der Waals surface area contributed by atoms with Crippen molar-refractivity contribution in [1.29, 1.82) is 0 Å². The minimum absolute atomic E-state index is 0.172. The van der Waals surface area contributed by atoms with Gasteiger partial charge in [-0.3, -0.25) is 14.4 Å². The SMILES string of the molecule is O=Cc1c(F)ccc2c1C(=O)C(F)(F)C2(F)F.O=Cc1c(F)ccc2c1C(O)C(F)(F)C2(F)F. The van der Waals surface area contributed by atoms with E-state index in [-0.39, 0.29) is 12.6 Å². The number of benzene rings is 2. The standard InChI is InChI=1S/C10H5F5O2.C10H3F5O2/c2*11-6-2-1-5-7(4(6)3-16)8(17)10(14,15)9(5,12)13/h1-3,8,17H;1-3H. The number of aliphatic hydroxyl groups excluding tert-OH is 1. The quantitative estimate of drug-likeness (QED) is 0.465. The molecule has 0 saturated carbocycles. The Kier molecular flexibility index (Phi) is 5.67. The van der Waals surface area contributed by atoms with Crippen molar-refractivity contribution in [2.75, 3.05) is 0 Å². The Morgan fingerprint density at radius 1 is 0.706 bits per heavy atom. The third-order valence-corrected chi connectivity index (χ3v) is 5.28. The first-order valence-corrected chi connectivity index (χ1v) is 8.80. The van der Waals surface area contributed by atoms with E-state index in [1.54, 1.807) is 0 Å². The summed E-state index contributed by atoms with van der Waals surface area (Å²) in [5.41, 5.74) is -6.87. The molecule has 2 aliphatic carbocycles. The number of Topliss-reactive ketones (excluding diaryl/α,β-unsaturated/α-hetero) is 1. The Labute approximate surface area is 181 Å². The highest BCUT2D eigenvalue weighted by Gasteiger charge is 2.70. The number of alkyl halides is 8. The molecule has 34 heavy (non-hydrogen) atoms. The van der Waals surface area contributed by atoms with Gasteiger partial charge < -0.3 is 5.11 Å². The molecule has 1 unspecified atom stereocenters. The molecule has 2 aromatic rings. The highest BCUT2D eigenvalue weighted by Crippen LogP contribution is 2.58. The van der Waals surface area contributed by atoms with E-state index in [0.29, 0.717) is 24.3 Å². The van der Waals surface area contributed by atoms with Gasteiger partial charge in [0.1, 0.15) is 11.6 Å². The van der Waals surface area contributed by atoms with E-state index in [0.717, 1.165) is 0 Å². The first kappa shape index (κ1) is 25.3. The number of rotatable bonds is 2. The zero-order valence-electron chi connectivity index (χ0n) is 16.0. The minimum atomic E-state index is -4.96. The maximum atomic E-state index is 13.3. The van der Waals surface area contributed by atoms with E-state index in [1.807, 2.05) is 0 Å². The van der Waals surface area contributed by atoms with E-state index in [2.05, 4.69) is 0 Å². The maximum Gasteiger partial charge on any atom is 0.376 e. The number of aldehydes is 2. The molecule has 0 aromatic heterocycles. The molecule has 0 bridgehead atoms. The Balaban J connectivity index is 0.000000191. The molecule has 0 aliphatic heterocycles. The van der Waals surface area contributed by atoms with Gasteiger partial charge in [0.05, 0.1) is 11.1 Å². The lowest BCUT2D eigenvalue weighted by Crippen LogP contribution is -2.38. The monoisotopic (exact) mass is 502 g/mol. The first-order chi connectivity index (χ1) is 15.5. The topological polar surface area (TPSA) is 71.4 Å². The van der Waals surface area contributed by atoms with E-state index < -0.39 is 80.6 Å². The van der Waals surface area contributed by atoms with Crippen molar-refractivity contribution >= 4 is 18.4 Å². The van der Waals surface area contributed by atoms with Crippen LogP contribution in [0.1, 0.15) is 53.9 Å². The lowest BCUT2D eigenvalue weighted by atomic mass is 10.0. The molecule has 2 aliphatic rings. The molecule has 1 N–H and O–H groups in total. The Hall–Kier alpha value is -3.29. The summed E-state index contributed by atoms with van der Waals surface area (Å²) in [6, 6.07) is 1.77. The summed E-state index contributed by atoms with van der Waals surface area (Å²) in [5.74, 6) is -23.8. The normalized spacial score (nSPS) is 22.3. The number of fused-ring (bicyclic) bond motifs is 2.